The second kappa shape index (κ2) is 9.73. The Morgan fingerprint density at radius 2 is 1.95 bits per heavy atom. The highest BCUT2D eigenvalue weighted by Crippen LogP contribution is 2.52. The van der Waals surface area contributed by atoms with Crippen molar-refractivity contribution < 1.29 is 19.1 Å². The van der Waals surface area contributed by atoms with Crippen LogP contribution in [0.4, 0.5) is 4.39 Å². The third-order valence-corrected chi connectivity index (χ3v) is 9.52. The van der Waals surface area contributed by atoms with E-state index in [2.05, 4.69) is 29.0 Å². The summed E-state index contributed by atoms with van der Waals surface area (Å²) in [6.45, 7) is 8.43. The minimum absolute atomic E-state index is 0.0770. The highest BCUT2D eigenvalue weighted by molar-refractivity contribution is 5.94. The lowest BCUT2D eigenvalue weighted by Crippen LogP contribution is -2.51. The van der Waals surface area contributed by atoms with Crippen LogP contribution in [0.15, 0.2) is 23.0 Å². The van der Waals surface area contributed by atoms with Crippen LogP contribution in [0.25, 0.3) is 0 Å². The predicted molar refractivity (Wildman–Crippen MR) is 144 cm³/mol. The third-order valence-electron chi connectivity index (χ3n) is 9.52. The van der Waals surface area contributed by atoms with Gasteiger partial charge >= 0.3 is 0 Å². The lowest BCUT2D eigenvalue weighted by Gasteiger charge is -2.47. The second-order valence-corrected chi connectivity index (χ2v) is 12.4. The number of hydrogen-bond donors (Lipinski definition) is 2. The first-order valence-corrected chi connectivity index (χ1v) is 13.7. The van der Waals surface area contributed by atoms with E-state index in [1.54, 1.807) is 31.0 Å². The van der Waals surface area contributed by atoms with Gasteiger partial charge in [0.1, 0.15) is 17.2 Å². The molecular weight excluding hydrogens is 501 g/mol. The van der Waals surface area contributed by atoms with Crippen molar-refractivity contribution in [1.82, 2.24) is 24.7 Å². The van der Waals surface area contributed by atoms with E-state index in [-0.39, 0.29) is 29.0 Å². The van der Waals surface area contributed by atoms with Gasteiger partial charge in [-0.05, 0) is 83.0 Å². The Balaban J connectivity index is 1.52. The number of halogens is 1. The van der Waals surface area contributed by atoms with Crippen LogP contribution in [0.2, 0.25) is 0 Å². The van der Waals surface area contributed by atoms with Gasteiger partial charge in [-0.15, -0.1) is 0 Å². The molecule has 3 aliphatic heterocycles. The molecule has 9 nitrogen and oxygen atoms in total. The first-order valence-electron chi connectivity index (χ1n) is 13.7. The van der Waals surface area contributed by atoms with Crippen molar-refractivity contribution in [2.45, 2.75) is 83.5 Å². The van der Waals surface area contributed by atoms with Crippen LogP contribution in [0, 0.1) is 18.2 Å². The first-order chi connectivity index (χ1) is 18.4. The van der Waals surface area contributed by atoms with Crippen LogP contribution >= 0.6 is 0 Å². The van der Waals surface area contributed by atoms with Gasteiger partial charge in [-0.3, -0.25) is 23.9 Å². The number of aryl methyl sites for hydroxylation is 1. The molecule has 2 fully saturated rings. The Bertz CT molecular complexity index is 1360. The molecule has 210 valence electrons. The fourth-order valence-corrected chi connectivity index (χ4v) is 6.88. The van der Waals surface area contributed by atoms with Crippen molar-refractivity contribution in [3.05, 3.63) is 57.0 Å². The van der Waals surface area contributed by atoms with Gasteiger partial charge in [0.2, 0.25) is 12.2 Å². The number of nitrogens with zero attached hydrogens (tertiary/aromatic N) is 4. The Morgan fingerprint density at radius 1 is 1.23 bits per heavy atom. The minimum Gasteiger partial charge on any atom is -0.501 e. The number of hydrogen-bond acceptors (Lipinski definition) is 6. The van der Waals surface area contributed by atoms with Crippen LogP contribution in [-0.2, 0) is 23.4 Å². The summed E-state index contributed by atoms with van der Waals surface area (Å²) in [7, 11) is 1.69. The number of benzene rings is 1. The van der Waals surface area contributed by atoms with Crippen molar-refractivity contribution in [3.63, 3.8) is 0 Å². The molecule has 1 saturated heterocycles. The van der Waals surface area contributed by atoms with Gasteiger partial charge in [-0.25, -0.2) is 9.37 Å². The summed E-state index contributed by atoms with van der Waals surface area (Å²) in [5.74, 6) is -1.39. The Labute approximate surface area is 228 Å². The second-order valence-electron chi connectivity index (χ2n) is 12.4. The molecule has 1 saturated carbocycles. The van der Waals surface area contributed by atoms with E-state index in [1.807, 2.05) is 0 Å². The van der Waals surface area contributed by atoms with E-state index in [1.165, 1.54) is 10.6 Å². The van der Waals surface area contributed by atoms with Crippen LogP contribution < -0.4 is 10.9 Å². The fourth-order valence-electron chi connectivity index (χ4n) is 6.88. The zero-order valence-electron chi connectivity index (χ0n) is 23.2. The molecule has 2 amide bonds. The summed E-state index contributed by atoms with van der Waals surface area (Å²) in [5, 5.41) is 13.6. The van der Waals surface area contributed by atoms with Gasteiger partial charge in [-0.2, -0.15) is 0 Å². The maximum absolute atomic E-state index is 13.7. The molecule has 2 bridgehead atoms. The predicted octanol–water partition coefficient (Wildman–Crippen LogP) is 3.06. The number of carbonyl (C=O) groups excluding carboxylic acids is 2. The average Bonchev–Trinajstić information content (AvgIpc) is 3.09. The SMILES string of the molecule is Cc1cc(CNC(=O)c2nc3n(c(=O)c2O)CC2(CN4CCCC4(C)C)CCC3(N(C)C=O)CC2)ccc1F. The van der Waals surface area contributed by atoms with Crippen molar-refractivity contribution in [2.75, 3.05) is 20.1 Å². The maximum atomic E-state index is 13.7. The summed E-state index contributed by atoms with van der Waals surface area (Å²) in [6.07, 6.45) is 5.83. The zero-order valence-corrected chi connectivity index (χ0v) is 23.2. The van der Waals surface area contributed by atoms with Crippen LogP contribution in [0.1, 0.15) is 79.8 Å². The van der Waals surface area contributed by atoms with Crippen LogP contribution in [0.3, 0.4) is 0 Å². The first kappa shape index (κ1) is 27.3. The number of aromatic hydroxyl groups is 1. The van der Waals surface area contributed by atoms with E-state index in [0.717, 1.165) is 45.2 Å². The summed E-state index contributed by atoms with van der Waals surface area (Å²) in [5.41, 5.74) is -0.874. The van der Waals surface area contributed by atoms with E-state index < -0.39 is 22.8 Å². The molecule has 6 rings (SSSR count). The lowest BCUT2D eigenvalue weighted by molar-refractivity contribution is -0.125. The molecule has 1 aromatic carbocycles. The molecule has 10 heteroatoms. The zero-order chi connectivity index (χ0) is 28.2. The monoisotopic (exact) mass is 539 g/mol. The normalized spacial score (nSPS) is 25.7. The largest absolute Gasteiger partial charge is 0.501 e. The summed E-state index contributed by atoms with van der Waals surface area (Å²) >= 11 is 0. The molecule has 0 spiro atoms. The molecular formula is C29H38FN5O4. The highest BCUT2D eigenvalue weighted by Gasteiger charge is 2.54. The van der Waals surface area contributed by atoms with Crippen molar-refractivity contribution in [2.24, 2.45) is 5.41 Å². The van der Waals surface area contributed by atoms with Gasteiger partial charge in [0.25, 0.3) is 11.5 Å². The van der Waals surface area contributed by atoms with Crippen LogP contribution in [0.5, 0.6) is 5.75 Å². The van der Waals surface area contributed by atoms with Crippen LogP contribution in [-0.4, -0.2) is 62.5 Å². The molecule has 1 aromatic heterocycles. The Morgan fingerprint density at radius 3 is 2.56 bits per heavy atom. The van der Waals surface area contributed by atoms with Crippen molar-refractivity contribution >= 4 is 12.3 Å². The molecule has 4 aliphatic rings. The van der Waals surface area contributed by atoms with E-state index in [4.69, 9.17) is 0 Å². The van der Waals surface area contributed by atoms with Gasteiger partial charge in [0.05, 0.1) is 0 Å². The standard InChI is InChI=1S/C29H38FN5O4/c1-19-14-20(6-7-21(19)30)15-31-24(38)22-23(37)25(39)35-17-28(16-34-13-5-8-27(34,2)3)9-11-29(12-10-28,26(35)32-22)33(4)18-36/h6-7,14,18,37H,5,8-13,15-17H2,1-4H3,(H,31,38). The van der Waals surface area contributed by atoms with Crippen molar-refractivity contribution in [3.8, 4) is 5.75 Å². The third kappa shape index (κ3) is 4.62. The quantitative estimate of drug-likeness (QED) is 0.524. The minimum atomic E-state index is -0.849. The lowest BCUT2D eigenvalue weighted by atomic mass is 9.67. The Hall–Kier alpha value is -3.27. The number of rotatable bonds is 7. The summed E-state index contributed by atoms with van der Waals surface area (Å²) in [4.78, 5) is 47.6. The Kier molecular flexibility index (Phi) is 6.81. The van der Waals surface area contributed by atoms with Gasteiger partial charge in [0, 0.05) is 37.6 Å². The van der Waals surface area contributed by atoms with E-state index in [9.17, 15) is 23.9 Å². The summed E-state index contributed by atoms with van der Waals surface area (Å²) in [6, 6.07) is 4.52. The number of likely N-dealkylation sites (tertiary alicyclic amines) is 1. The molecule has 0 radical (unpaired) electrons. The molecule has 1 aliphatic carbocycles. The molecule has 4 heterocycles. The van der Waals surface area contributed by atoms with Gasteiger partial charge in [0.15, 0.2) is 5.69 Å². The topological polar surface area (TPSA) is 108 Å². The molecule has 2 N–H and O–H groups in total. The highest BCUT2D eigenvalue weighted by atomic mass is 19.1. The molecule has 0 atom stereocenters. The number of amides is 2. The molecule has 2 aromatic rings. The smallest absolute Gasteiger partial charge is 0.296 e. The number of fused-ring (bicyclic) bond motifs is 2. The van der Waals surface area contributed by atoms with Gasteiger partial charge < -0.3 is 15.3 Å². The molecule has 39 heavy (non-hydrogen) atoms. The summed E-state index contributed by atoms with van der Waals surface area (Å²) < 4.78 is 15.1. The van der Waals surface area contributed by atoms with E-state index in [0.29, 0.717) is 36.3 Å². The number of aromatic nitrogens is 2. The maximum Gasteiger partial charge on any atom is 0.296 e. The van der Waals surface area contributed by atoms with Gasteiger partial charge in [-0.1, -0.05) is 12.1 Å². The molecule has 0 unspecified atom stereocenters. The fraction of sp³-hybridized carbons (Fsp3) is 0.586. The number of nitrogens with one attached hydrogen (secondary N) is 1. The van der Waals surface area contributed by atoms with E-state index >= 15 is 0 Å². The number of carbonyl (C=O) groups is 2. The van der Waals surface area contributed by atoms with Crippen molar-refractivity contribution in [1.29, 1.82) is 0 Å². The average molecular weight is 540 g/mol.